The molecule has 0 aliphatic rings. The molecule has 0 aromatic heterocycles. The minimum absolute atomic E-state index is 0.423. The highest BCUT2D eigenvalue weighted by Gasteiger charge is 2.09. The lowest BCUT2D eigenvalue weighted by atomic mass is 10.0. The molecule has 4 heteroatoms. The fraction of sp³-hybridized carbons (Fsp3) is 0.429. The molecule has 2 aromatic rings. The fourth-order valence-electron chi connectivity index (χ4n) is 2.70. The SMILES string of the molecule is COc1cc(CCN)ccc1OCCOc1cc(C)ccc1C(C)C. The van der Waals surface area contributed by atoms with Crippen molar-refractivity contribution >= 4 is 0 Å². The number of hydrogen-bond acceptors (Lipinski definition) is 4. The van der Waals surface area contributed by atoms with Gasteiger partial charge in [-0.3, -0.25) is 0 Å². The van der Waals surface area contributed by atoms with Gasteiger partial charge in [0.25, 0.3) is 0 Å². The van der Waals surface area contributed by atoms with Crippen molar-refractivity contribution in [3.63, 3.8) is 0 Å². The highest BCUT2D eigenvalue weighted by molar-refractivity contribution is 5.43. The standard InChI is InChI=1S/C21H29NO3/c1-15(2)18-7-5-16(3)13-20(18)25-12-11-24-19-8-6-17(9-10-22)14-21(19)23-4/h5-8,13-15H,9-12,22H2,1-4H3. The average Bonchev–Trinajstić information content (AvgIpc) is 2.59. The Labute approximate surface area is 150 Å². The molecule has 0 bridgehead atoms. The predicted molar refractivity (Wildman–Crippen MR) is 102 cm³/mol. The number of ether oxygens (including phenoxy) is 3. The summed E-state index contributed by atoms with van der Waals surface area (Å²) in [6, 6.07) is 12.2. The van der Waals surface area contributed by atoms with E-state index in [1.807, 2.05) is 18.2 Å². The number of benzene rings is 2. The van der Waals surface area contributed by atoms with Crippen LogP contribution in [0, 0.1) is 6.92 Å². The molecule has 4 nitrogen and oxygen atoms in total. The Morgan fingerprint density at radius 2 is 1.64 bits per heavy atom. The maximum atomic E-state index is 5.95. The molecular formula is C21H29NO3. The molecule has 0 fully saturated rings. The van der Waals surface area contributed by atoms with Gasteiger partial charge in [0.05, 0.1) is 7.11 Å². The monoisotopic (exact) mass is 343 g/mol. The van der Waals surface area contributed by atoms with Gasteiger partial charge in [0.1, 0.15) is 19.0 Å². The molecule has 0 saturated carbocycles. The summed E-state index contributed by atoms with van der Waals surface area (Å²) in [4.78, 5) is 0. The van der Waals surface area contributed by atoms with Crippen molar-refractivity contribution in [2.24, 2.45) is 5.73 Å². The zero-order valence-electron chi connectivity index (χ0n) is 15.7. The Kier molecular flexibility index (Phi) is 7.14. The first kappa shape index (κ1) is 19.1. The second-order valence-corrected chi connectivity index (χ2v) is 6.42. The summed E-state index contributed by atoms with van der Waals surface area (Å²) in [5.41, 5.74) is 9.15. The van der Waals surface area contributed by atoms with Gasteiger partial charge in [-0.2, -0.15) is 0 Å². The first-order valence-electron chi connectivity index (χ1n) is 8.78. The number of methoxy groups -OCH3 is 1. The summed E-state index contributed by atoms with van der Waals surface area (Å²) in [7, 11) is 1.65. The second kappa shape index (κ2) is 9.33. The van der Waals surface area contributed by atoms with Crippen molar-refractivity contribution in [3.8, 4) is 17.2 Å². The van der Waals surface area contributed by atoms with Crippen molar-refractivity contribution < 1.29 is 14.2 Å². The van der Waals surface area contributed by atoms with Gasteiger partial charge in [-0.1, -0.05) is 32.0 Å². The van der Waals surface area contributed by atoms with Crippen molar-refractivity contribution in [1.82, 2.24) is 0 Å². The first-order valence-corrected chi connectivity index (χ1v) is 8.78. The third-order valence-electron chi connectivity index (χ3n) is 4.05. The number of hydrogen-bond donors (Lipinski definition) is 1. The Morgan fingerprint density at radius 3 is 2.28 bits per heavy atom. The molecule has 0 saturated heterocycles. The van der Waals surface area contributed by atoms with Crippen molar-refractivity contribution in [2.45, 2.75) is 33.1 Å². The van der Waals surface area contributed by atoms with Crippen LogP contribution in [0.5, 0.6) is 17.2 Å². The van der Waals surface area contributed by atoms with E-state index in [9.17, 15) is 0 Å². The van der Waals surface area contributed by atoms with E-state index < -0.39 is 0 Å². The largest absolute Gasteiger partial charge is 0.493 e. The third kappa shape index (κ3) is 5.40. The molecule has 0 aliphatic heterocycles. The van der Waals surface area contributed by atoms with Crippen LogP contribution in [0.15, 0.2) is 36.4 Å². The van der Waals surface area contributed by atoms with Gasteiger partial charge in [0, 0.05) is 0 Å². The van der Waals surface area contributed by atoms with Gasteiger partial charge in [0.2, 0.25) is 0 Å². The van der Waals surface area contributed by atoms with Gasteiger partial charge >= 0.3 is 0 Å². The van der Waals surface area contributed by atoms with Gasteiger partial charge in [-0.05, 0) is 60.7 Å². The van der Waals surface area contributed by atoms with E-state index >= 15 is 0 Å². The lowest BCUT2D eigenvalue weighted by Crippen LogP contribution is -2.11. The van der Waals surface area contributed by atoms with Crippen LogP contribution in [0.4, 0.5) is 0 Å². The first-order chi connectivity index (χ1) is 12.0. The molecule has 0 heterocycles. The third-order valence-corrected chi connectivity index (χ3v) is 4.05. The number of rotatable bonds is 9. The van der Waals surface area contributed by atoms with E-state index in [-0.39, 0.29) is 0 Å². The Hall–Kier alpha value is -2.20. The minimum Gasteiger partial charge on any atom is -0.493 e. The van der Waals surface area contributed by atoms with Gasteiger partial charge in [-0.15, -0.1) is 0 Å². The molecule has 2 rings (SSSR count). The molecule has 0 unspecified atom stereocenters. The fourth-order valence-corrected chi connectivity index (χ4v) is 2.70. The van der Waals surface area contributed by atoms with Crippen molar-refractivity contribution in [2.75, 3.05) is 26.9 Å². The molecule has 2 N–H and O–H groups in total. The van der Waals surface area contributed by atoms with Gasteiger partial charge < -0.3 is 19.9 Å². The molecule has 0 aliphatic carbocycles. The maximum absolute atomic E-state index is 5.95. The summed E-state index contributed by atoms with van der Waals surface area (Å²) < 4.78 is 17.2. The summed E-state index contributed by atoms with van der Waals surface area (Å²) >= 11 is 0. The Morgan fingerprint density at radius 1 is 0.920 bits per heavy atom. The van der Waals surface area contributed by atoms with Crippen LogP contribution in [-0.4, -0.2) is 26.9 Å². The van der Waals surface area contributed by atoms with E-state index in [1.165, 1.54) is 11.1 Å². The quantitative estimate of drug-likeness (QED) is 0.697. The van der Waals surface area contributed by atoms with Crippen LogP contribution in [0.3, 0.4) is 0 Å². The summed E-state index contributed by atoms with van der Waals surface area (Å²) in [6.45, 7) is 7.96. The molecule has 0 radical (unpaired) electrons. The highest BCUT2D eigenvalue weighted by Crippen LogP contribution is 2.29. The van der Waals surface area contributed by atoms with Crippen molar-refractivity contribution in [3.05, 3.63) is 53.1 Å². The summed E-state index contributed by atoms with van der Waals surface area (Å²) in [5.74, 6) is 2.81. The predicted octanol–water partition coefficient (Wildman–Crippen LogP) is 4.09. The van der Waals surface area contributed by atoms with E-state index in [0.717, 1.165) is 29.2 Å². The van der Waals surface area contributed by atoms with Gasteiger partial charge in [-0.25, -0.2) is 0 Å². The molecule has 25 heavy (non-hydrogen) atoms. The smallest absolute Gasteiger partial charge is 0.161 e. The lowest BCUT2D eigenvalue weighted by Gasteiger charge is -2.16. The Balaban J connectivity index is 1.94. The zero-order valence-corrected chi connectivity index (χ0v) is 15.7. The van der Waals surface area contributed by atoms with Crippen LogP contribution < -0.4 is 19.9 Å². The van der Waals surface area contributed by atoms with Crippen LogP contribution >= 0.6 is 0 Å². The van der Waals surface area contributed by atoms with E-state index in [2.05, 4.69) is 39.0 Å². The van der Waals surface area contributed by atoms with E-state index in [4.69, 9.17) is 19.9 Å². The number of aryl methyl sites for hydroxylation is 1. The lowest BCUT2D eigenvalue weighted by molar-refractivity contribution is 0.209. The van der Waals surface area contributed by atoms with Crippen molar-refractivity contribution in [1.29, 1.82) is 0 Å². The molecular weight excluding hydrogens is 314 g/mol. The molecule has 136 valence electrons. The normalized spacial score (nSPS) is 10.8. The molecule has 0 spiro atoms. The van der Waals surface area contributed by atoms with Crippen LogP contribution in [-0.2, 0) is 6.42 Å². The maximum Gasteiger partial charge on any atom is 0.161 e. The average molecular weight is 343 g/mol. The summed E-state index contributed by atoms with van der Waals surface area (Å²) in [6.07, 6.45) is 0.824. The zero-order chi connectivity index (χ0) is 18.2. The molecule has 0 atom stereocenters. The van der Waals surface area contributed by atoms with E-state index in [0.29, 0.717) is 25.7 Å². The van der Waals surface area contributed by atoms with Crippen LogP contribution in [0.2, 0.25) is 0 Å². The highest BCUT2D eigenvalue weighted by atomic mass is 16.5. The molecule has 2 aromatic carbocycles. The topological polar surface area (TPSA) is 53.7 Å². The van der Waals surface area contributed by atoms with E-state index in [1.54, 1.807) is 7.11 Å². The Bertz CT molecular complexity index is 683. The number of nitrogens with two attached hydrogens (primary N) is 1. The minimum atomic E-state index is 0.423. The molecule has 0 amide bonds. The van der Waals surface area contributed by atoms with Crippen LogP contribution in [0.1, 0.15) is 36.5 Å². The van der Waals surface area contributed by atoms with Crippen LogP contribution in [0.25, 0.3) is 0 Å². The van der Waals surface area contributed by atoms with Gasteiger partial charge in [0.15, 0.2) is 11.5 Å². The summed E-state index contributed by atoms with van der Waals surface area (Å²) in [5, 5.41) is 0. The second-order valence-electron chi connectivity index (χ2n) is 6.42.